The average Bonchev–Trinajstić information content (AvgIpc) is 3.07. The van der Waals surface area contributed by atoms with Crippen molar-refractivity contribution in [1.29, 1.82) is 0 Å². The molecule has 0 bridgehead atoms. The van der Waals surface area contributed by atoms with Crippen molar-refractivity contribution >= 4 is 11.3 Å². The highest BCUT2D eigenvalue weighted by atomic mass is 32.1. The molecule has 2 aliphatic rings. The predicted molar refractivity (Wildman–Crippen MR) is 92.6 cm³/mol. The Morgan fingerprint density at radius 2 is 1.96 bits per heavy atom. The summed E-state index contributed by atoms with van der Waals surface area (Å²) in [5.41, 5.74) is 2.58. The molecule has 2 aliphatic heterocycles. The Morgan fingerprint density at radius 1 is 1.17 bits per heavy atom. The van der Waals surface area contributed by atoms with Gasteiger partial charge in [0, 0.05) is 30.9 Å². The second-order valence-electron chi connectivity index (χ2n) is 6.64. The van der Waals surface area contributed by atoms with Crippen molar-refractivity contribution in [1.82, 2.24) is 4.90 Å². The maximum absolute atomic E-state index is 9.58. The van der Waals surface area contributed by atoms with Crippen LogP contribution in [0.1, 0.15) is 28.8 Å². The second kappa shape index (κ2) is 6.36. The molecule has 1 aromatic heterocycles. The number of aliphatic hydroxyl groups is 1. The normalized spacial score (nSPS) is 23.8. The quantitative estimate of drug-likeness (QED) is 0.939. The van der Waals surface area contributed by atoms with Crippen LogP contribution in [0.5, 0.6) is 0 Å². The van der Waals surface area contributed by atoms with Crippen LogP contribution in [-0.2, 0) is 23.3 Å². The molecule has 3 nitrogen and oxygen atoms in total. The van der Waals surface area contributed by atoms with Crippen LogP contribution >= 0.6 is 11.3 Å². The highest BCUT2D eigenvalue weighted by Gasteiger charge is 2.44. The number of nitrogens with zero attached hydrogens (tertiary/aromatic N) is 1. The highest BCUT2D eigenvalue weighted by Crippen LogP contribution is 2.45. The second-order valence-corrected chi connectivity index (χ2v) is 7.64. The van der Waals surface area contributed by atoms with Crippen molar-refractivity contribution in [2.75, 3.05) is 19.7 Å². The van der Waals surface area contributed by atoms with Crippen LogP contribution in [-0.4, -0.2) is 35.8 Å². The van der Waals surface area contributed by atoms with Gasteiger partial charge >= 0.3 is 0 Å². The summed E-state index contributed by atoms with van der Waals surface area (Å²) in [6, 6.07) is 12.9. The van der Waals surface area contributed by atoms with E-state index in [0.717, 1.165) is 38.9 Å². The van der Waals surface area contributed by atoms with Gasteiger partial charge in [0.05, 0.1) is 18.3 Å². The molecule has 0 amide bonds. The molecule has 0 radical (unpaired) electrons. The lowest BCUT2D eigenvalue weighted by molar-refractivity contribution is -0.150. The summed E-state index contributed by atoms with van der Waals surface area (Å²) >= 11 is 1.81. The molecule has 0 saturated carbocycles. The summed E-state index contributed by atoms with van der Waals surface area (Å²) in [5, 5.41) is 11.8. The van der Waals surface area contributed by atoms with Gasteiger partial charge in [-0.25, -0.2) is 0 Å². The van der Waals surface area contributed by atoms with Crippen molar-refractivity contribution < 1.29 is 9.84 Å². The molecule has 4 heteroatoms. The first kappa shape index (κ1) is 15.3. The number of benzene rings is 1. The number of rotatable bonds is 3. The fourth-order valence-corrected chi connectivity index (χ4v) is 4.97. The van der Waals surface area contributed by atoms with E-state index in [4.69, 9.17) is 4.74 Å². The molecular formula is C19H23NO2S. The van der Waals surface area contributed by atoms with Crippen LogP contribution < -0.4 is 0 Å². The monoisotopic (exact) mass is 329 g/mol. The minimum absolute atomic E-state index is 0.0400. The molecule has 23 heavy (non-hydrogen) atoms. The minimum Gasteiger partial charge on any atom is -0.394 e. The number of hydrogen-bond acceptors (Lipinski definition) is 4. The van der Waals surface area contributed by atoms with Crippen LogP contribution in [0, 0.1) is 0 Å². The molecule has 0 aliphatic carbocycles. The molecular weight excluding hydrogens is 306 g/mol. The Morgan fingerprint density at radius 3 is 2.70 bits per heavy atom. The van der Waals surface area contributed by atoms with Gasteiger partial charge in [-0.1, -0.05) is 30.3 Å². The first-order valence-corrected chi connectivity index (χ1v) is 9.29. The summed E-state index contributed by atoms with van der Waals surface area (Å²) < 4.78 is 6.38. The van der Waals surface area contributed by atoms with Gasteiger partial charge in [0.1, 0.15) is 0 Å². The van der Waals surface area contributed by atoms with E-state index in [1.165, 1.54) is 16.0 Å². The maximum Gasteiger partial charge on any atom is 0.0971 e. The van der Waals surface area contributed by atoms with Gasteiger partial charge in [0.15, 0.2) is 0 Å². The van der Waals surface area contributed by atoms with Gasteiger partial charge in [-0.2, -0.15) is 0 Å². The third-order valence-corrected chi connectivity index (χ3v) is 6.10. The Hall–Kier alpha value is -1.20. The fourth-order valence-electron chi connectivity index (χ4n) is 3.94. The van der Waals surface area contributed by atoms with Crippen LogP contribution in [0.25, 0.3) is 0 Å². The standard InChI is InChI=1S/C19H23NO2S/c21-14-16-12-18-17(6-11-23-18)19(22-16)7-9-20(10-8-19)13-15-4-2-1-3-5-15/h1-6,11,16,21H,7-10,12-14H2/t16-/m1/s1. The van der Waals surface area contributed by atoms with Crippen molar-refractivity contribution in [3.05, 3.63) is 57.8 Å². The van der Waals surface area contributed by atoms with E-state index >= 15 is 0 Å². The van der Waals surface area contributed by atoms with Crippen molar-refractivity contribution in [3.63, 3.8) is 0 Å². The minimum atomic E-state index is -0.172. The third kappa shape index (κ3) is 2.96. The Balaban J connectivity index is 1.48. The zero-order valence-electron chi connectivity index (χ0n) is 13.3. The summed E-state index contributed by atoms with van der Waals surface area (Å²) in [5.74, 6) is 0. The molecule has 3 heterocycles. The molecule has 122 valence electrons. The van der Waals surface area contributed by atoms with Gasteiger partial charge < -0.3 is 9.84 Å². The van der Waals surface area contributed by atoms with Crippen LogP contribution in [0.2, 0.25) is 0 Å². The van der Waals surface area contributed by atoms with E-state index in [2.05, 4.69) is 46.7 Å². The lowest BCUT2D eigenvalue weighted by atomic mass is 9.81. The summed E-state index contributed by atoms with van der Waals surface area (Å²) in [4.78, 5) is 3.92. The number of fused-ring (bicyclic) bond motifs is 2. The Bertz CT molecular complexity index is 646. The zero-order chi connectivity index (χ0) is 15.7. The maximum atomic E-state index is 9.58. The molecule has 1 fully saturated rings. The summed E-state index contributed by atoms with van der Waals surface area (Å²) in [6.45, 7) is 3.22. The van der Waals surface area contributed by atoms with E-state index in [1.807, 2.05) is 11.3 Å². The Kier molecular flexibility index (Phi) is 4.24. The lowest BCUT2D eigenvalue weighted by Gasteiger charge is -2.46. The third-order valence-electron chi connectivity index (χ3n) is 5.16. The van der Waals surface area contributed by atoms with Gasteiger partial charge in [-0.05, 0) is 35.4 Å². The Labute approximate surface area is 141 Å². The fraction of sp³-hybridized carbons (Fsp3) is 0.474. The summed E-state index contributed by atoms with van der Waals surface area (Å²) in [7, 11) is 0. The number of thiophene rings is 1. The predicted octanol–water partition coefficient (Wildman–Crippen LogP) is 3.17. The van der Waals surface area contributed by atoms with E-state index < -0.39 is 0 Å². The van der Waals surface area contributed by atoms with Crippen LogP contribution in [0.15, 0.2) is 41.8 Å². The van der Waals surface area contributed by atoms with Crippen molar-refractivity contribution in [3.8, 4) is 0 Å². The number of aliphatic hydroxyl groups excluding tert-OH is 1. The molecule has 1 N–H and O–H groups in total. The number of hydrogen-bond donors (Lipinski definition) is 1. The first-order valence-electron chi connectivity index (χ1n) is 8.41. The molecule has 1 atom stereocenters. The van der Waals surface area contributed by atoms with E-state index in [9.17, 15) is 5.11 Å². The van der Waals surface area contributed by atoms with Crippen LogP contribution in [0.3, 0.4) is 0 Å². The summed E-state index contributed by atoms with van der Waals surface area (Å²) in [6.07, 6.45) is 2.85. The molecule has 0 unspecified atom stereocenters. The number of piperidine rings is 1. The largest absolute Gasteiger partial charge is 0.394 e. The molecule has 2 aromatic rings. The van der Waals surface area contributed by atoms with Crippen molar-refractivity contribution in [2.45, 2.75) is 37.5 Å². The molecule has 4 rings (SSSR count). The average molecular weight is 329 g/mol. The molecule has 1 aromatic carbocycles. The van der Waals surface area contributed by atoms with Crippen molar-refractivity contribution in [2.24, 2.45) is 0 Å². The zero-order valence-corrected chi connectivity index (χ0v) is 14.1. The van der Waals surface area contributed by atoms with Gasteiger partial charge in [0.2, 0.25) is 0 Å². The molecule has 1 saturated heterocycles. The number of ether oxygens (including phenoxy) is 1. The van der Waals surface area contributed by atoms with E-state index in [0.29, 0.717) is 0 Å². The van der Waals surface area contributed by atoms with E-state index in [-0.39, 0.29) is 18.3 Å². The topological polar surface area (TPSA) is 32.7 Å². The van der Waals surface area contributed by atoms with Gasteiger partial charge in [0.25, 0.3) is 0 Å². The number of likely N-dealkylation sites (tertiary alicyclic amines) is 1. The van der Waals surface area contributed by atoms with Gasteiger partial charge in [-0.3, -0.25) is 4.90 Å². The van der Waals surface area contributed by atoms with Gasteiger partial charge in [-0.15, -0.1) is 11.3 Å². The smallest absolute Gasteiger partial charge is 0.0971 e. The van der Waals surface area contributed by atoms with Crippen LogP contribution in [0.4, 0.5) is 0 Å². The molecule has 1 spiro atoms. The highest BCUT2D eigenvalue weighted by molar-refractivity contribution is 7.10. The SMILES string of the molecule is OC[C@H]1Cc2sccc2C2(CCN(Cc3ccccc3)CC2)O1. The lowest BCUT2D eigenvalue weighted by Crippen LogP contribution is -2.48. The van der Waals surface area contributed by atoms with E-state index in [1.54, 1.807) is 0 Å². The first-order chi connectivity index (χ1) is 11.3.